The number of fused-ring (bicyclic) bond motifs is 2. The minimum atomic E-state index is -0.434. The highest BCUT2D eigenvalue weighted by Crippen LogP contribution is 2.32. The molecule has 144 valence electrons. The zero-order valence-electron chi connectivity index (χ0n) is 15.1. The molecule has 0 spiro atoms. The fourth-order valence-corrected chi connectivity index (χ4v) is 3.95. The highest BCUT2D eigenvalue weighted by atomic mass is 32.1. The van der Waals surface area contributed by atoms with Crippen molar-refractivity contribution in [2.24, 2.45) is 4.99 Å². The number of halogens is 1. The van der Waals surface area contributed by atoms with Crippen LogP contribution >= 0.6 is 11.3 Å². The van der Waals surface area contributed by atoms with Gasteiger partial charge in [-0.15, -0.1) is 0 Å². The van der Waals surface area contributed by atoms with E-state index >= 15 is 0 Å². The predicted octanol–water partition coefficient (Wildman–Crippen LogP) is 3.36. The Labute approximate surface area is 164 Å². The largest absolute Gasteiger partial charge is 0.454 e. The van der Waals surface area contributed by atoms with Crippen molar-refractivity contribution in [3.63, 3.8) is 0 Å². The van der Waals surface area contributed by atoms with Crippen LogP contribution in [0.2, 0.25) is 0 Å². The first-order valence-corrected chi connectivity index (χ1v) is 9.40. The highest BCUT2D eigenvalue weighted by molar-refractivity contribution is 7.16. The molecule has 0 aliphatic carbocycles. The van der Waals surface area contributed by atoms with E-state index in [1.165, 1.54) is 23.5 Å². The maximum atomic E-state index is 14.3. The topological polar surface area (TPSA) is 62.1 Å². The molecule has 28 heavy (non-hydrogen) atoms. The van der Waals surface area contributed by atoms with Gasteiger partial charge in [0.1, 0.15) is 5.82 Å². The normalized spacial score (nSPS) is 13.7. The van der Waals surface area contributed by atoms with Crippen LogP contribution in [0.1, 0.15) is 5.56 Å². The molecule has 0 unspecified atom stereocenters. The van der Waals surface area contributed by atoms with E-state index in [2.05, 4.69) is 4.99 Å². The number of methoxy groups -OCH3 is 1. The van der Waals surface area contributed by atoms with Crippen LogP contribution in [-0.4, -0.2) is 31.0 Å². The molecule has 2 heterocycles. The van der Waals surface area contributed by atoms with E-state index in [9.17, 15) is 9.18 Å². The van der Waals surface area contributed by atoms with Crippen LogP contribution in [0.3, 0.4) is 0 Å². The van der Waals surface area contributed by atoms with E-state index in [0.29, 0.717) is 35.0 Å². The van der Waals surface area contributed by atoms with Crippen LogP contribution in [0.25, 0.3) is 16.3 Å². The van der Waals surface area contributed by atoms with Gasteiger partial charge in [-0.2, -0.15) is 4.99 Å². The summed E-state index contributed by atoms with van der Waals surface area (Å²) >= 11 is 1.26. The Bertz CT molecular complexity index is 1130. The van der Waals surface area contributed by atoms with Gasteiger partial charge < -0.3 is 18.8 Å². The molecule has 0 N–H and O–H groups in total. The molecule has 4 rings (SSSR count). The summed E-state index contributed by atoms with van der Waals surface area (Å²) in [6.07, 6.45) is 3.03. The van der Waals surface area contributed by atoms with Gasteiger partial charge in [0.2, 0.25) is 6.79 Å². The molecule has 0 saturated carbocycles. The smallest absolute Gasteiger partial charge is 0.272 e. The quantitative estimate of drug-likeness (QED) is 0.616. The minimum absolute atomic E-state index is 0.195. The number of carbonyl (C=O) groups is 1. The van der Waals surface area contributed by atoms with Crippen LogP contribution in [-0.2, 0) is 16.1 Å². The summed E-state index contributed by atoms with van der Waals surface area (Å²) < 4.78 is 32.4. The van der Waals surface area contributed by atoms with Gasteiger partial charge in [0, 0.05) is 19.7 Å². The van der Waals surface area contributed by atoms with Crippen LogP contribution in [0.5, 0.6) is 11.5 Å². The van der Waals surface area contributed by atoms with E-state index in [1.807, 2.05) is 6.07 Å². The number of nitrogens with zero attached hydrogens (tertiary/aromatic N) is 2. The van der Waals surface area contributed by atoms with Crippen LogP contribution in [0.4, 0.5) is 4.39 Å². The zero-order valence-corrected chi connectivity index (χ0v) is 15.9. The second kappa shape index (κ2) is 7.95. The Kier molecular flexibility index (Phi) is 5.23. The molecule has 1 amide bonds. The Morgan fingerprint density at radius 1 is 1.32 bits per heavy atom. The lowest BCUT2D eigenvalue weighted by Crippen LogP contribution is -2.19. The van der Waals surface area contributed by atoms with E-state index in [1.54, 1.807) is 42.0 Å². The second-order valence-corrected chi connectivity index (χ2v) is 7.02. The van der Waals surface area contributed by atoms with Crippen molar-refractivity contribution in [3.05, 3.63) is 58.7 Å². The molecule has 0 radical (unpaired) electrons. The lowest BCUT2D eigenvalue weighted by molar-refractivity contribution is -0.113. The number of hydrogen-bond acceptors (Lipinski definition) is 5. The maximum absolute atomic E-state index is 14.3. The fraction of sp³-hybridized carbons (Fsp3) is 0.200. The summed E-state index contributed by atoms with van der Waals surface area (Å²) in [5, 5.41) is 0. The Morgan fingerprint density at radius 2 is 2.18 bits per heavy atom. The lowest BCUT2D eigenvalue weighted by atomic mass is 10.2. The number of amides is 1. The standard InChI is InChI=1S/C20H17FN2O4S/c1-25-10-9-23-19-14(21)3-2-4-17(19)28-20(23)22-18(24)8-6-13-5-7-15-16(11-13)27-12-26-15/h2-8,11H,9-10,12H2,1H3/b8-6-,22-20?. The maximum Gasteiger partial charge on any atom is 0.272 e. The van der Waals surface area contributed by atoms with Crippen molar-refractivity contribution in [2.45, 2.75) is 6.54 Å². The molecular formula is C20H17FN2O4S. The number of para-hydroxylation sites is 1. The van der Waals surface area contributed by atoms with Gasteiger partial charge in [0.25, 0.3) is 5.91 Å². The predicted molar refractivity (Wildman–Crippen MR) is 104 cm³/mol. The Balaban J connectivity index is 1.65. The summed E-state index contributed by atoms with van der Waals surface area (Å²) in [5.74, 6) is 0.536. The first-order chi connectivity index (χ1) is 13.7. The number of benzene rings is 2. The van der Waals surface area contributed by atoms with Gasteiger partial charge in [-0.25, -0.2) is 4.39 Å². The first kappa shape index (κ1) is 18.4. The van der Waals surface area contributed by atoms with Crippen LogP contribution in [0, 0.1) is 5.82 Å². The van der Waals surface area contributed by atoms with Gasteiger partial charge in [-0.3, -0.25) is 4.79 Å². The average Bonchev–Trinajstić information content (AvgIpc) is 3.29. The minimum Gasteiger partial charge on any atom is -0.454 e. The molecule has 6 nitrogen and oxygen atoms in total. The third-order valence-electron chi connectivity index (χ3n) is 4.19. The van der Waals surface area contributed by atoms with Crippen molar-refractivity contribution < 1.29 is 23.4 Å². The van der Waals surface area contributed by atoms with E-state index in [-0.39, 0.29) is 12.6 Å². The SMILES string of the molecule is COCCn1c(=NC(=O)/C=C\c2ccc3c(c2)OCO3)sc2cccc(F)c21. The van der Waals surface area contributed by atoms with Crippen molar-refractivity contribution >= 4 is 33.5 Å². The highest BCUT2D eigenvalue weighted by Gasteiger charge is 2.13. The third kappa shape index (κ3) is 3.69. The summed E-state index contributed by atoms with van der Waals surface area (Å²) in [7, 11) is 1.57. The zero-order chi connectivity index (χ0) is 19.5. The number of hydrogen-bond donors (Lipinski definition) is 0. The van der Waals surface area contributed by atoms with Gasteiger partial charge in [0.05, 0.1) is 16.8 Å². The van der Waals surface area contributed by atoms with Gasteiger partial charge in [-0.1, -0.05) is 23.5 Å². The van der Waals surface area contributed by atoms with Crippen molar-refractivity contribution in [1.82, 2.24) is 4.57 Å². The summed E-state index contributed by atoms with van der Waals surface area (Å²) in [4.78, 5) is 16.9. The molecule has 8 heteroatoms. The second-order valence-electron chi connectivity index (χ2n) is 6.01. The molecule has 1 aromatic heterocycles. The van der Waals surface area contributed by atoms with Crippen molar-refractivity contribution in [3.8, 4) is 11.5 Å². The number of carbonyl (C=O) groups excluding carboxylic acids is 1. The first-order valence-electron chi connectivity index (χ1n) is 8.59. The van der Waals surface area contributed by atoms with Crippen molar-refractivity contribution in [1.29, 1.82) is 0 Å². The molecule has 1 aliphatic rings. The lowest BCUT2D eigenvalue weighted by Gasteiger charge is -2.04. The average molecular weight is 400 g/mol. The van der Waals surface area contributed by atoms with Gasteiger partial charge in [-0.05, 0) is 35.9 Å². The molecule has 0 bridgehead atoms. The van der Waals surface area contributed by atoms with Gasteiger partial charge in [0.15, 0.2) is 16.3 Å². The Morgan fingerprint density at radius 3 is 3.04 bits per heavy atom. The van der Waals surface area contributed by atoms with Crippen molar-refractivity contribution in [2.75, 3.05) is 20.5 Å². The summed E-state index contributed by atoms with van der Waals surface area (Å²) in [6.45, 7) is 0.977. The molecule has 3 aromatic rings. The molecule has 2 aromatic carbocycles. The van der Waals surface area contributed by atoms with E-state index < -0.39 is 5.91 Å². The van der Waals surface area contributed by atoms with Crippen LogP contribution < -0.4 is 14.3 Å². The number of rotatable bonds is 5. The summed E-state index contributed by atoms with van der Waals surface area (Å²) in [6, 6.07) is 10.2. The number of thiazole rings is 1. The fourth-order valence-electron chi connectivity index (χ4n) is 2.88. The molecular weight excluding hydrogens is 383 g/mol. The van der Waals surface area contributed by atoms with E-state index in [4.69, 9.17) is 14.2 Å². The molecule has 1 aliphatic heterocycles. The molecule has 0 atom stereocenters. The molecule has 0 saturated heterocycles. The number of aromatic nitrogens is 1. The monoisotopic (exact) mass is 400 g/mol. The molecule has 0 fully saturated rings. The number of ether oxygens (including phenoxy) is 3. The Hall–Kier alpha value is -2.97. The third-order valence-corrected chi connectivity index (χ3v) is 5.24. The van der Waals surface area contributed by atoms with Crippen LogP contribution in [0.15, 0.2) is 47.5 Å². The van der Waals surface area contributed by atoms with Gasteiger partial charge >= 0.3 is 0 Å². The summed E-state index contributed by atoms with van der Waals surface area (Å²) in [5.41, 5.74) is 1.22. The van der Waals surface area contributed by atoms with E-state index in [0.717, 1.165) is 10.3 Å².